The number of aliphatic hydroxyl groups excluding tert-OH is 2. The lowest BCUT2D eigenvalue weighted by Crippen LogP contribution is -2.29. The molecule has 0 radical (unpaired) electrons. The van der Waals surface area contributed by atoms with E-state index < -0.39 is 39.2 Å². The van der Waals surface area contributed by atoms with Crippen molar-refractivity contribution in [3.05, 3.63) is 48.6 Å². The second-order valence-corrected chi connectivity index (χ2v) is 16.9. The van der Waals surface area contributed by atoms with Crippen LogP contribution in [0.1, 0.15) is 200 Å². The highest BCUT2D eigenvalue weighted by atomic mass is 31.2. The molecule has 9 nitrogen and oxygen atoms in total. The highest BCUT2D eigenvalue weighted by molar-refractivity contribution is 7.47. The lowest BCUT2D eigenvalue weighted by atomic mass is 10.0. The number of phosphoric acid groups is 1. The van der Waals surface area contributed by atoms with E-state index in [2.05, 4.69) is 62.5 Å². The van der Waals surface area contributed by atoms with Crippen molar-refractivity contribution < 1.29 is 43.0 Å². The number of aliphatic hydroxyl groups is 2. The summed E-state index contributed by atoms with van der Waals surface area (Å²) in [5, 5.41) is 18.4. The van der Waals surface area contributed by atoms with Crippen molar-refractivity contribution >= 4 is 13.8 Å². The molecule has 0 aromatic rings. The van der Waals surface area contributed by atoms with Crippen LogP contribution in [0.25, 0.3) is 0 Å². The molecule has 0 aromatic carbocycles. The molecule has 0 saturated heterocycles. The maximum Gasteiger partial charge on any atom is 0.472 e. The number of carbonyl (C=O) groups excluding carboxylic acids is 1. The van der Waals surface area contributed by atoms with E-state index in [0.717, 1.165) is 70.6 Å². The van der Waals surface area contributed by atoms with E-state index in [0.29, 0.717) is 13.0 Å². The Kier molecular flexibility index (Phi) is 42.8. The zero-order chi connectivity index (χ0) is 41.8. The maximum atomic E-state index is 12.6. The van der Waals surface area contributed by atoms with E-state index >= 15 is 0 Å². The first kappa shape index (κ1) is 55.4. The van der Waals surface area contributed by atoms with Crippen molar-refractivity contribution in [3.8, 4) is 0 Å². The molecule has 10 heteroatoms. The van der Waals surface area contributed by atoms with Crippen LogP contribution >= 0.6 is 7.82 Å². The summed E-state index contributed by atoms with van der Waals surface area (Å²) in [5.74, 6) is -0.404. The number of unbranched alkanes of at least 4 members (excludes halogenated alkanes) is 22. The van der Waals surface area contributed by atoms with Gasteiger partial charge in [0.15, 0.2) is 0 Å². The van der Waals surface area contributed by atoms with Gasteiger partial charge in [0, 0.05) is 13.0 Å². The third-order valence-electron chi connectivity index (χ3n) is 9.78. The van der Waals surface area contributed by atoms with E-state index in [1.165, 1.54) is 103 Å². The summed E-state index contributed by atoms with van der Waals surface area (Å²) in [5.41, 5.74) is 0. The Morgan fingerprint density at radius 1 is 0.561 bits per heavy atom. The second-order valence-electron chi connectivity index (χ2n) is 15.4. The monoisotopic (exact) mass is 827 g/mol. The smallest absolute Gasteiger partial charge is 0.457 e. The summed E-state index contributed by atoms with van der Waals surface area (Å²) in [6.07, 6.45) is 49.3. The Bertz CT molecular complexity index is 1030. The molecular weight excluding hydrogens is 739 g/mol. The molecule has 57 heavy (non-hydrogen) atoms. The lowest BCUT2D eigenvalue weighted by molar-refractivity contribution is -0.154. The Hall–Kier alpha value is -1.58. The van der Waals surface area contributed by atoms with Crippen molar-refractivity contribution in [2.45, 2.75) is 212 Å². The number of rotatable bonds is 44. The van der Waals surface area contributed by atoms with Crippen LogP contribution in [0.15, 0.2) is 48.6 Å². The predicted octanol–water partition coefficient (Wildman–Crippen LogP) is 13.0. The molecule has 0 rings (SSSR count). The number of hydrogen-bond donors (Lipinski definition) is 3. The second kappa shape index (κ2) is 44.0. The summed E-state index contributed by atoms with van der Waals surface area (Å²) in [7, 11) is -4.53. The maximum absolute atomic E-state index is 12.6. The normalized spacial score (nSPS) is 14.4. The molecule has 0 fully saturated rings. The fourth-order valence-electron chi connectivity index (χ4n) is 6.29. The van der Waals surface area contributed by atoms with E-state index in [4.69, 9.17) is 23.6 Å². The van der Waals surface area contributed by atoms with E-state index in [-0.39, 0.29) is 19.6 Å². The van der Waals surface area contributed by atoms with Gasteiger partial charge in [0.05, 0.1) is 26.4 Å². The predicted molar refractivity (Wildman–Crippen MR) is 237 cm³/mol. The van der Waals surface area contributed by atoms with Crippen LogP contribution in [0.2, 0.25) is 0 Å². The van der Waals surface area contributed by atoms with Crippen LogP contribution in [-0.2, 0) is 27.9 Å². The van der Waals surface area contributed by atoms with Crippen molar-refractivity contribution in [3.63, 3.8) is 0 Å². The van der Waals surface area contributed by atoms with Gasteiger partial charge in [-0.2, -0.15) is 0 Å². The summed E-state index contributed by atoms with van der Waals surface area (Å²) in [4.78, 5) is 22.6. The Balaban J connectivity index is 4.15. The topological polar surface area (TPSA) is 132 Å². The van der Waals surface area contributed by atoms with E-state index in [1.807, 2.05) is 0 Å². The first-order valence-corrected chi connectivity index (χ1v) is 24.6. The fourth-order valence-corrected chi connectivity index (χ4v) is 7.08. The molecular formula is C47H87O9P. The third-order valence-corrected chi connectivity index (χ3v) is 10.7. The zero-order valence-electron chi connectivity index (χ0n) is 36.6. The minimum atomic E-state index is -4.53. The van der Waals surface area contributed by atoms with Crippen LogP contribution in [-0.4, -0.2) is 66.3 Å². The Morgan fingerprint density at radius 2 is 1.00 bits per heavy atom. The molecule has 334 valence electrons. The summed E-state index contributed by atoms with van der Waals surface area (Å²) >= 11 is 0. The molecule has 0 bridgehead atoms. The lowest BCUT2D eigenvalue weighted by Gasteiger charge is -2.20. The number of ether oxygens (including phenoxy) is 2. The van der Waals surface area contributed by atoms with Crippen LogP contribution < -0.4 is 0 Å². The highest BCUT2D eigenvalue weighted by Gasteiger charge is 2.26. The SMILES string of the molecule is CC/C=C\C/C=C\C/C=C\C/C=C\CCCCCCC(=O)OC(COCCCCCCCCCCCCCCCCCCCCC)COP(=O)(O)OCC(O)CO. The molecule has 0 spiro atoms. The average Bonchev–Trinajstić information content (AvgIpc) is 3.20. The van der Waals surface area contributed by atoms with Gasteiger partial charge in [-0.3, -0.25) is 13.8 Å². The third kappa shape index (κ3) is 43.8. The van der Waals surface area contributed by atoms with Gasteiger partial charge in [0.1, 0.15) is 12.2 Å². The van der Waals surface area contributed by atoms with Crippen molar-refractivity contribution in [2.75, 3.05) is 33.0 Å². The van der Waals surface area contributed by atoms with Gasteiger partial charge in [-0.1, -0.05) is 191 Å². The molecule has 3 unspecified atom stereocenters. The number of allylic oxidation sites excluding steroid dienone is 8. The van der Waals surface area contributed by atoms with Gasteiger partial charge >= 0.3 is 13.8 Å². The average molecular weight is 827 g/mol. The van der Waals surface area contributed by atoms with E-state index in [1.54, 1.807) is 0 Å². The van der Waals surface area contributed by atoms with E-state index in [9.17, 15) is 19.4 Å². The van der Waals surface area contributed by atoms with Crippen LogP contribution in [0.4, 0.5) is 0 Å². The minimum absolute atomic E-state index is 0.0406. The molecule has 0 heterocycles. The fraction of sp³-hybridized carbons (Fsp3) is 0.809. The van der Waals surface area contributed by atoms with Crippen molar-refractivity contribution in [1.82, 2.24) is 0 Å². The first-order valence-electron chi connectivity index (χ1n) is 23.1. The summed E-state index contributed by atoms with van der Waals surface area (Å²) in [6, 6.07) is 0. The number of carbonyl (C=O) groups is 1. The van der Waals surface area contributed by atoms with Crippen LogP contribution in [0.3, 0.4) is 0 Å². The van der Waals surface area contributed by atoms with Crippen molar-refractivity contribution in [1.29, 1.82) is 0 Å². The molecule has 3 atom stereocenters. The first-order chi connectivity index (χ1) is 27.8. The zero-order valence-corrected chi connectivity index (χ0v) is 37.4. The molecule has 0 saturated carbocycles. The Morgan fingerprint density at radius 3 is 1.51 bits per heavy atom. The van der Waals surface area contributed by atoms with Gasteiger partial charge in [0.2, 0.25) is 0 Å². The van der Waals surface area contributed by atoms with Crippen molar-refractivity contribution in [2.24, 2.45) is 0 Å². The van der Waals surface area contributed by atoms with Crippen LogP contribution in [0, 0.1) is 0 Å². The largest absolute Gasteiger partial charge is 0.472 e. The van der Waals surface area contributed by atoms with Crippen LogP contribution in [0.5, 0.6) is 0 Å². The number of hydrogen-bond acceptors (Lipinski definition) is 8. The summed E-state index contributed by atoms with van der Waals surface area (Å²) < 4.78 is 33.4. The van der Waals surface area contributed by atoms with Gasteiger partial charge in [-0.05, 0) is 51.4 Å². The molecule has 0 aliphatic heterocycles. The molecule has 0 amide bonds. The molecule has 0 aromatic heterocycles. The standard InChI is InChI=1S/C47H87O9P/c1-3-5-7-9-11-13-15-17-19-21-22-24-26-28-30-32-34-36-38-40-53-43-46(44-55-57(51,52)54-42-45(49)41-48)56-47(50)39-37-35-33-31-29-27-25-23-20-18-16-14-12-10-8-6-4-2/h6,8,12,14,18,20,25,27,45-46,48-49H,3-5,7,9-11,13,15-17,19,21-24,26,28-44H2,1-2H3,(H,51,52)/b8-6-,14-12-,20-18-,27-25-. The highest BCUT2D eigenvalue weighted by Crippen LogP contribution is 2.43. The number of esters is 1. The van der Waals surface area contributed by atoms with Gasteiger partial charge in [0.25, 0.3) is 0 Å². The molecule has 0 aliphatic carbocycles. The molecule has 0 aliphatic rings. The Labute approximate surface area is 349 Å². The van der Waals surface area contributed by atoms with Gasteiger partial charge in [-0.15, -0.1) is 0 Å². The van der Waals surface area contributed by atoms with Gasteiger partial charge in [-0.25, -0.2) is 4.57 Å². The van der Waals surface area contributed by atoms with Gasteiger partial charge < -0.3 is 24.6 Å². The molecule has 3 N–H and O–H groups in total. The minimum Gasteiger partial charge on any atom is -0.457 e. The number of phosphoric ester groups is 1. The summed E-state index contributed by atoms with van der Waals surface area (Å²) in [6.45, 7) is 3.40. The quantitative estimate of drug-likeness (QED) is 0.0238.